The van der Waals surface area contributed by atoms with Crippen LogP contribution in [0.15, 0.2) is 53.7 Å². The van der Waals surface area contributed by atoms with Gasteiger partial charge in [0.05, 0.1) is 17.8 Å². The average Bonchev–Trinajstić information content (AvgIpc) is 2.56. The minimum Gasteiger partial charge on any atom is -0.383 e. The lowest BCUT2D eigenvalue weighted by atomic mass is 10.2. The zero-order chi connectivity index (χ0) is 16.7. The van der Waals surface area contributed by atoms with Gasteiger partial charge < -0.3 is 10.2 Å². The Bertz CT molecular complexity index is 751. The molecule has 0 aliphatic carbocycles. The lowest BCUT2D eigenvalue weighted by molar-refractivity contribution is -0.126. The largest absolute Gasteiger partial charge is 0.383 e. The number of hydrogen-bond acceptors (Lipinski definition) is 4. The van der Waals surface area contributed by atoms with Gasteiger partial charge in [0.1, 0.15) is 0 Å². The summed E-state index contributed by atoms with van der Waals surface area (Å²) < 4.78 is 0. The van der Waals surface area contributed by atoms with E-state index in [0.717, 1.165) is 5.56 Å². The van der Waals surface area contributed by atoms with Gasteiger partial charge in [0, 0.05) is 10.7 Å². The van der Waals surface area contributed by atoms with Crippen LogP contribution in [0.2, 0.25) is 5.02 Å². The minimum absolute atomic E-state index is 0.353. The van der Waals surface area contributed by atoms with E-state index in [9.17, 15) is 4.79 Å². The number of rotatable bonds is 5. The molecule has 0 unspecified atom stereocenters. The van der Waals surface area contributed by atoms with Crippen molar-refractivity contribution in [2.24, 2.45) is 5.16 Å². The highest BCUT2D eigenvalue weighted by molar-refractivity contribution is 6.30. The third kappa shape index (κ3) is 5.13. The predicted molar refractivity (Wildman–Crippen MR) is 89.4 cm³/mol. The topological polar surface area (TPSA) is 74.5 Å². The molecule has 0 heterocycles. The van der Waals surface area contributed by atoms with Crippen LogP contribution in [0.5, 0.6) is 0 Å². The van der Waals surface area contributed by atoms with Crippen LogP contribution in [-0.2, 0) is 9.63 Å². The average molecular weight is 328 g/mol. The molecule has 5 nitrogen and oxygen atoms in total. The van der Waals surface area contributed by atoms with Crippen molar-refractivity contribution in [2.75, 3.05) is 5.32 Å². The summed E-state index contributed by atoms with van der Waals surface area (Å²) in [4.78, 5) is 17.1. The maximum absolute atomic E-state index is 12.0. The molecule has 0 aliphatic rings. The summed E-state index contributed by atoms with van der Waals surface area (Å²) in [5.74, 6) is -0.353. The van der Waals surface area contributed by atoms with Crippen LogP contribution in [-0.4, -0.2) is 18.2 Å². The molecule has 2 rings (SSSR count). The zero-order valence-corrected chi connectivity index (χ0v) is 13.1. The number of carbonyl (C=O) groups excluding carboxylic acids is 1. The van der Waals surface area contributed by atoms with Gasteiger partial charge in [-0.1, -0.05) is 35.0 Å². The van der Waals surface area contributed by atoms with Crippen LogP contribution in [0.4, 0.5) is 5.69 Å². The molecule has 116 valence electrons. The van der Waals surface area contributed by atoms with Crippen LogP contribution in [0.1, 0.15) is 18.1 Å². The van der Waals surface area contributed by atoms with Crippen molar-refractivity contribution < 1.29 is 9.63 Å². The summed E-state index contributed by atoms with van der Waals surface area (Å²) >= 11 is 5.79. The molecular weight excluding hydrogens is 314 g/mol. The normalized spacial score (nSPS) is 11.7. The first-order valence-corrected chi connectivity index (χ1v) is 7.22. The second-order valence-electron chi connectivity index (χ2n) is 4.72. The number of oxime groups is 1. The fraction of sp³-hybridized carbons (Fsp3) is 0.118. The lowest BCUT2D eigenvalue weighted by Gasteiger charge is -2.10. The number of halogens is 1. The van der Waals surface area contributed by atoms with E-state index in [1.54, 1.807) is 55.5 Å². The molecule has 0 aromatic heterocycles. The van der Waals surface area contributed by atoms with E-state index in [0.29, 0.717) is 16.3 Å². The first-order chi connectivity index (χ1) is 11.1. The molecule has 0 spiro atoms. The molecule has 6 heteroatoms. The second-order valence-corrected chi connectivity index (χ2v) is 5.15. The summed E-state index contributed by atoms with van der Waals surface area (Å²) in [5, 5.41) is 15.9. The summed E-state index contributed by atoms with van der Waals surface area (Å²) in [6, 6.07) is 15.7. The highest BCUT2D eigenvalue weighted by Gasteiger charge is 2.14. The van der Waals surface area contributed by atoms with Gasteiger partial charge in [-0.2, -0.15) is 5.26 Å². The molecule has 2 aromatic carbocycles. The fourth-order valence-electron chi connectivity index (χ4n) is 1.69. The first kappa shape index (κ1) is 16.5. The van der Waals surface area contributed by atoms with Gasteiger partial charge in [0.15, 0.2) is 0 Å². The number of amides is 1. The Morgan fingerprint density at radius 1 is 1.35 bits per heavy atom. The number of nitrogens with zero attached hydrogens (tertiary/aromatic N) is 2. The van der Waals surface area contributed by atoms with Crippen LogP contribution in [0, 0.1) is 11.3 Å². The monoisotopic (exact) mass is 327 g/mol. The Balaban J connectivity index is 1.89. The van der Waals surface area contributed by atoms with E-state index in [1.165, 1.54) is 6.21 Å². The van der Waals surface area contributed by atoms with Crippen molar-refractivity contribution in [2.45, 2.75) is 13.0 Å². The number of nitrogens with one attached hydrogen (secondary N) is 1. The SMILES string of the molecule is C[C@H](O/N=C\c1ccc(Cl)cc1)C(=O)Nc1cccc(C#N)c1. The van der Waals surface area contributed by atoms with Crippen molar-refractivity contribution in [1.82, 2.24) is 0 Å². The van der Waals surface area contributed by atoms with Crippen molar-refractivity contribution >= 4 is 29.4 Å². The lowest BCUT2D eigenvalue weighted by Crippen LogP contribution is -2.26. The Kier molecular flexibility index (Phi) is 5.73. The predicted octanol–water partition coefficient (Wildman–Crippen LogP) is 3.59. The zero-order valence-electron chi connectivity index (χ0n) is 12.4. The Morgan fingerprint density at radius 3 is 2.78 bits per heavy atom. The number of anilines is 1. The number of benzene rings is 2. The molecule has 23 heavy (non-hydrogen) atoms. The number of nitriles is 1. The van der Waals surface area contributed by atoms with Crippen LogP contribution in [0.3, 0.4) is 0 Å². The van der Waals surface area contributed by atoms with Crippen LogP contribution >= 0.6 is 11.6 Å². The third-order valence-electron chi connectivity index (χ3n) is 2.92. The molecule has 0 saturated carbocycles. The minimum atomic E-state index is -0.774. The number of hydrogen-bond donors (Lipinski definition) is 1. The van der Waals surface area contributed by atoms with E-state index in [-0.39, 0.29) is 5.91 Å². The van der Waals surface area contributed by atoms with Crippen LogP contribution in [0.25, 0.3) is 0 Å². The Morgan fingerprint density at radius 2 is 2.09 bits per heavy atom. The molecule has 0 saturated heterocycles. The van der Waals surface area contributed by atoms with Crippen molar-refractivity contribution in [3.05, 3.63) is 64.7 Å². The quantitative estimate of drug-likeness (QED) is 0.673. The van der Waals surface area contributed by atoms with Gasteiger partial charge in [-0.15, -0.1) is 0 Å². The van der Waals surface area contributed by atoms with E-state index in [1.807, 2.05) is 6.07 Å². The van der Waals surface area contributed by atoms with Gasteiger partial charge >= 0.3 is 0 Å². The molecule has 2 aromatic rings. The van der Waals surface area contributed by atoms with Gasteiger partial charge in [0.25, 0.3) is 5.91 Å². The maximum Gasteiger partial charge on any atom is 0.267 e. The third-order valence-corrected chi connectivity index (χ3v) is 3.17. The standard InChI is InChI=1S/C17H14ClN3O2/c1-12(23-20-11-13-5-7-15(18)8-6-13)17(22)21-16-4-2-3-14(9-16)10-19/h2-9,11-12H,1H3,(H,21,22)/b20-11-/t12-/m0/s1. The Hall–Kier alpha value is -2.84. The fourth-order valence-corrected chi connectivity index (χ4v) is 1.82. The molecule has 0 fully saturated rings. The highest BCUT2D eigenvalue weighted by Crippen LogP contribution is 2.11. The first-order valence-electron chi connectivity index (χ1n) is 6.84. The van der Waals surface area contributed by atoms with Crippen LogP contribution < -0.4 is 5.32 Å². The van der Waals surface area contributed by atoms with Gasteiger partial charge in [-0.3, -0.25) is 4.79 Å². The summed E-state index contributed by atoms with van der Waals surface area (Å²) in [6.45, 7) is 1.59. The van der Waals surface area contributed by atoms with E-state index in [4.69, 9.17) is 21.7 Å². The number of carbonyl (C=O) groups is 1. The summed E-state index contributed by atoms with van der Waals surface area (Å²) in [7, 11) is 0. The molecule has 1 amide bonds. The molecule has 0 bridgehead atoms. The van der Waals surface area contributed by atoms with Crippen molar-refractivity contribution in [3.8, 4) is 6.07 Å². The van der Waals surface area contributed by atoms with Gasteiger partial charge in [-0.25, -0.2) is 0 Å². The molecule has 1 N–H and O–H groups in total. The van der Waals surface area contributed by atoms with Gasteiger partial charge in [0.2, 0.25) is 6.10 Å². The second kappa shape index (κ2) is 7.97. The molecule has 0 aliphatic heterocycles. The Labute approximate surface area is 139 Å². The molecule has 1 atom stereocenters. The smallest absolute Gasteiger partial charge is 0.267 e. The van der Waals surface area contributed by atoms with Gasteiger partial charge in [-0.05, 0) is 42.8 Å². The van der Waals surface area contributed by atoms with E-state index < -0.39 is 6.10 Å². The van der Waals surface area contributed by atoms with E-state index in [2.05, 4.69) is 10.5 Å². The highest BCUT2D eigenvalue weighted by atomic mass is 35.5. The van der Waals surface area contributed by atoms with Crippen molar-refractivity contribution in [1.29, 1.82) is 5.26 Å². The maximum atomic E-state index is 12.0. The summed E-state index contributed by atoms with van der Waals surface area (Å²) in [6.07, 6.45) is 0.723. The molecule has 0 radical (unpaired) electrons. The van der Waals surface area contributed by atoms with Crippen molar-refractivity contribution in [3.63, 3.8) is 0 Å². The van der Waals surface area contributed by atoms with E-state index >= 15 is 0 Å². The molecular formula is C17H14ClN3O2. The summed E-state index contributed by atoms with van der Waals surface area (Å²) in [5.41, 5.74) is 1.81.